The van der Waals surface area contributed by atoms with Crippen LogP contribution in [0.25, 0.3) is 22.4 Å². The highest BCUT2D eigenvalue weighted by atomic mass is 19.1. The van der Waals surface area contributed by atoms with Crippen LogP contribution >= 0.6 is 0 Å². The molecule has 8 heteroatoms. The number of pyridine rings is 1. The summed E-state index contributed by atoms with van der Waals surface area (Å²) in [6.07, 6.45) is 7.58. The Kier molecular flexibility index (Phi) is 5.05. The molecule has 1 fully saturated rings. The van der Waals surface area contributed by atoms with Gasteiger partial charge < -0.3 is 14.6 Å². The van der Waals surface area contributed by atoms with E-state index in [1.807, 2.05) is 11.8 Å². The summed E-state index contributed by atoms with van der Waals surface area (Å²) in [6.45, 7) is 4.93. The second-order valence-corrected chi connectivity index (χ2v) is 9.67. The highest BCUT2D eigenvalue weighted by molar-refractivity contribution is 5.86. The molecule has 1 unspecified atom stereocenters. The molecule has 6 rings (SSSR count). The van der Waals surface area contributed by atoms with Gasteiger partial charge in [-0.1, -0.05) is 0 Å². The average molecular weight is 472 g/mol. The summed E-state index contributed by atoms with van der Waals surface area (Å²) in [7, 11) is 0. The lowest BCUT2D eigenvalue weighted by molar-refractivity contribution is -0.131. The molecule has 7 nitrogen and oxygen atoms in total. The molecule has 3 aromatic heterocycles. The Morgan fingerprint density at radius 3 is 2.89 bits per heavy atom. The first-order valence-electron chi connectivity index (χ1n) is 11.9. The van der Waals surface area contributed by atoms with Gasteiger partial charge in [-0.3, -0.25) is 4.79 Å². The molecule has 178 valence electrons. The minimum Gasteiger partial charge on any atom is -0.464 e. The Morgan fingerprint density at radius 2 is 2.06 bits per heavy atom. The predicted molar refractivity (Wildman–Crippen MR) is 130 cm³/mol. The van der Waals surface area contributed by atoms with Crippen molar-refractivity contribution in [3.63, 3.8) is 0 Å². The molecule has 35 heavy (non-hydrogen) atoms. The van der Waals surface area contributed by atoms with Crippen LogP contribution in [0.1, 0.15) is 42.5 Å². The lowest BCUT2D eigenvalue weighted by Crippen LogP contribution is -2.46. The summed E-state index contributed by atoms with van der Waals surface area (Å²) in [4.78, 5) is 28.8. The van der Waals surface area contributed by atoms with E-state index in [1.54, 1.807) is 37.5 Å². The maximum atomic E-state index is 14.8. The van der Waals surface area contributed by atoms with Crippen molar-refractivity contribution in [2.24, 2.45) is 0 Å². The molecule has 4 aromatic rings. The Labute approximate surface area is 202 Å². The van der Waals surface area contributed by atoms with Gasteiger partial charge >= 0.3 is 0 Å². The number of carbonyl (C=O) groups excluding carboxylic acids is 1. The quantitative estimate of drug-likeness (QED) is 0.459. The molecule has 1 saturated heterocycles. The molecule has 0 radical (unpaired) electrons. The van der Waals surface area contributed by atoms with E-state index < -0.39 is 5.92 Å². The highest BCUT2D eigenvalue weighted by Crippen LogP contribution is 2.39. The largest absolute Gasteiger partial charge is 0.464 e. The Morgan fingerprint density at radius 1 is 1.23 bits per heavy atom. The van der Waals surface area contributed by atoms with E-state index in [9.17, 15) is 9.18 Å². The summed E-state index contributed by atoms with van der Waals surface area (Å²) in [5.74, 6) is 0.498. The number of amides is 1. The Balaban J connectivity index is 1.21. The number of furan rings is 1. The second kappa shape index (κ2) is 8.15. The maximum Gasteiger partial charge on any atom is 0.230 e. The molecule has 0 aliphatic carbocycles. The van der Waals surface area contributed by atoms with Crippen LogP contribution in [0.3, 0.4) is 0 Å². The summed E-state index contributed by atoms with van der Waals surface area (Å²) in [5, 5.41) is 4.35. The van der Waals surface area contributed by atoms with Gasteiger partial charge in [0.2, 0.25) is 5.91 Å². The van der Waals surface area contributed by atoms with Crippen molar-refractivity contribution in [2.75, 3.05) is 18.4 Å². The summed E-state index contributed by atoms with van der Waals surface area (Å²) >= 11 is 0. The number of aromatic nitrogens is 3. The molecule has 5 heterocycles. The maximum absolute atomic E-state index is 14.8. The van der Waals surface area contributed by atoms with Crippen molar-refractivity contribution in [3.05, 3.63) is 71.6 Å². The van der Waals surface area contributed by atoms with Gasteiger partial charge in [0, 0.05) is 42.0 Å². The SMILES string of the molecule is Cc1nc2c(cc1-c1ncccn1)CC[C@@]1(CCN(C(=O)C(C)c3cc4occc4cc3F)C1)N2. The van der Waals surface area contributed by atoms with E-state index in [2.05, 4.69) is 21.4 Å². The zero-order valence-electron chi connectivity index (χ0n) is 19.7. The van der Waals surface area contributed by atoms with E-state index in [0.29, 0.717) is 35.4 Å². The fourth-order valence-corrected chi connectivity index (χ4v) is 5.40. The minimum absolute atomic E-state index is 0.0695. The second-order valence-electron chi connectivity index (χ2n) is 9.67. The number of nitrogens with zero attached hydrogens (tertiary/aromatic N) is 4. The van der Waals surface area contributed by atoms with Gasteiger partial charge in [0.15, 0.2) is 5.82 Å². The van der Waals surface area contributed by atoms with Crippen LogP contribution in [0, 0.1) is 12.7 Å². The first-order chi connectivity index (χ1) is 16.9. The number of rotatable bonds is 3. The number of nitrogens with one attached hydrogen (secondary N) is 1. The van der Waals surface area contributed by atoms with Crippen molar-refractivity contribution in [2.45, 2.75) is 44.6 Å². The number of hydrogen-bond donors (Lipinski definition) is 1. The molecule has 0 bridgehead atoms. The van der Waals surface area contributed by atoms with E-state index in [0.717, 1.165) is 41.9 Å². The fraction of sp³-hybridized carbons (Fsp3) is 0.333. The number of halogens is 1. The Bertz CT molecular complexity index is 1440. The van der Waals surface area contributed by atoms with E-state index in [1.165, 1.54) is 12.3 Å². The van der Waals surface area contributed by atoms with E-state index in [4.69, 9.17) is 9.40 Å². The summed E-state index contributed by atoms with van der Waals surface area (Å²) in [6, 6.07) is 8.73. The van der Waals surface area contributed by atoms with Gasteiger partial charge in [0.25, 0.3) is 0 Å². The van der Waals surface area contributed by atoms with Gasteiger partial charge in [-0.25, -0.2) is 19.3 Å². The molecule has 0 saturated carbocycles. The monoisotopic (exact) mass is 471 g/mol. The molecule has 1 amide bonds. The normalized spacial score (nSPS) is 20.1. The third-order valence-corrected chi connectivity index (χ3v) is 7.43. The predicted octanol–water partition coefficient (Wildman–Crippen LogP) is 4.87. The van der Waals surface area contributed by atoms with Crippen molar-refractivity contribution >= 4 is 22.7 Å². The molecular weight excluding hydrogens is 445 g/mol. The number of hydrogen-bond acceptors (Lipinski definition) is 6. The van der Waals surface area contributed by atoms with Gasteiger partial charge in [-0.05, 0) is 69.0 Å². The van der Waals surface area contributed by atoms with Crippen LogP contribution in [0.4, 0.5) is 10.2 Å². The molecular formula is C27H26FN5O2. The van der Waals surface area contributed by atoms with Crippen LogP contribution in [-0.2, 0) is 11.2 Å². The molecule has 2 atom stereocenters. The zero-order chi connectivity index (χ0) is 24.2. The lowest BCUT2D eigenvalue weighted by Gasteiger charge is -2.36. The molecule has 2 aliphatic heterocycles. The fourth-order valence-electron chi connectivity index (χ4n) is 5.40. The van der Waals surface area contributed by atoms with Gasteiger partial charge in [-0.2, -0.15) is 0 Å². The molecule has 2 aliphatic rings. The van der Waals surface area contributed by atoms with Crippen LogP contribution in [0.2, 0.25) is 0 Å². The zero-order valence-corrected chi connectivity index (χ0v) is 19.7. The molecule has 1 N–H and O–H groups in total. The number of fused-ring (bicyclic) bond motifs is 2. The number of benzene rings is 1. The summed E-state index contributed by atoms with van der Waals surface area (Å²) < 4.78 is 20.2. The molecule has 1 aromatic carbocycles. The third-order valence-electron chi connectivity index (χ3n) is 7.43. The van der Waals surface area contributed by atoms with Gasteiger partial charge in [0.1, 0.15) is 17.2 Å². The standard InChI is InChI=1S/C27H26FN5O2/c1-16(20-14-23-18(5-11-35-23)13-22(20)28)26(34)33-10-7-27(15-33)6-4-19-12-21(17(2)31-24(19)32-27)25-29-8-3-9-30-25/h3,5,8-9,11-14,16H,4,6-7,10,15H2,1-2H3,(H,31,32)/t16?,27-/m0/s1. The van der Waals surface area contributed by atoms with E-state index >= 15 is 0 Å². The van der Waals surface area contributed by atoms with Crippen molar-refractivity contribution in [3.8, 4) is 11.4 Å². The smallest absolute Gasteiger partial charge is 0.230 e. The van der Waals surface area contributed by atoms with Crippen LogP contribution in [-0.4, -0.2) is 44.4 Å². The first-order valence-corrected chi connectivity index (χ1v) is 11.9. The average Bonchev–Trinajstić information content (AvgIpc) is 3.49. The number of likely N-dealkylation sites (tertiary alicyclic amines) is 1. The van der Waals surface area contributed by atoms with Crippen molar-refractivity contribution in [1.82, 2.24) is 19.9 Å². The molecule has 1 spiro atoms. The first kappa shape index (κ1) is 21.7. The number of aryl methyl sites for hydroxylation is 2. The van der Waals surface area contributed by atoms with Crippen LogP contribution in [0.5, 0.6) is 0 Å². The van der Waals surface area contributed by atoms with E-state index in [-0.39, 0.29) is 17.3 Å². The number of anilines is 1. The van der Waals surface area contributed by atoms with Crippen molar-refractivity contribution in [1.29, 1.82) is 0 Å². The van der Waals surface area contributed by atoms with Crippen molar-refractivity contribution < 1.29 is 13.6 Å². The van der Waals surface area contributed by atoms with Crippen LogP contribution < -0.4 is 5.32 Å². The lowest BCUT2D eigenvalue weighted by atomic mass is 9.86. The Hall–Kier alpha value is -3.81. The topological polar surface area (TPSA) is 84.2 Å². The third kappa shape index (κ3) is 3.73. The minimum atomic E-state index is -0.593. The van der Waals surface area contributed by atoms with Crippen LogP contribution in [0.15, 0.2) is 53.4 Å². The van der Waals surface area contributed by atoms with Gasteiger partial charge in [-0.15, -0.1) is 0 Å². The van der Waals surface area contributed by atoms with Gasteiger partial charge in [0.05, 0.1) is 23.4 Å². The number of carbonyl (C=O) groups is 1. The highest BCUT2D eigenvalue weighted by Gasteiger charge is 2.43. The summed E-state index contributed by atoms with van der Waals surface area (Å²) in [5.41, 5.74) is 3.67.